The second kappa shape index (κ2) is 7.38. The van der Waals surface area contributed by atoms with Crippen molar-refractivity contribution in [2.45, 2.75) is 12.3 Å². The number of likely N-dealkylation sites (N-methyl/N-ethyl adjacent to an activating group) is 1. The number of amides is 2. The van der Waals surface area contributed by atoms with E-state index < -0.39 is 0 Å². The number of hydrogen-bond donors (Lipinski definition) is 1. The average molecular weight is 338 g/mol. The quantitative estimate of drug-likeness (QED) is 0.909. The number of benzene rings is 2. The number of hydrogen-bond acceptors (Lipinski definition) is 3. The molecule has 0 spiro atoms. The molecule has 2 amide bonds. The SMILES string of the molecule is COc1ccccc1CCNC(=O)C1CN(C)C(=O)c2ccccc21. The number of methoxy groups -OCH3 is 1. The zero-order chi connectivity index (χ0) is 17.8. The molecule has 2 aromatic rings. The van der Waals surface area contributed by atoms with Gasteiger partial charge >= 0.3 is 0 Å². The van der Waals surface area contributed by atoms with Crippen LogP contribution in [-0.2, 0) is 11.2 Å². The predicted octanol–water partition coefficient (Wildman–Crippen LogP) is 2.22. The number of fused-ring (bicyclic) bond motifs is 1. The molecule has 0 saturated heterocycles. The van der Waals surface area contributed by atoms with Gasteiger partial charge in [0.05, 0.1) is 13.0 Å². The third-order valence-electron chi connectivity index (χ3n) is 4.57. The van der Waals surface area contributed by atoms with Gasteiger partial charge in [-0.2, -0.15) is 0 Å². The third kappa shape index (κ3) is 3.50. The summed E-state index contributed by atoms with van der Waals surface area (Å²) in [5.74, 6) is 0.400. The van der Waals surface area contributed by atoms with Gasteiger partial charge in [-0.25, -0.2) is 0 Å². The first-order chi connectivity index (χ1) is 12.1. The van der Waals surface area contributed by atoms with Crippen LogP contribution in [0.15, 0.2) is 48.5 Å². The first-order valence-electron chi connectivity index (χ1n) is 8.36. The molecule has 5 heteroatoms. The van der Waals surface area contributed by atoms with Gasteiger partial charge in [-0.3, -0.25) is 9.59 Å². The molecule has 130 valence electrons. The topological polar surface area (TPSA) is 58.6 Å². The van der Waals surface area contributed by atoms with Crippen molar-refractivity contribution in [1.29, 1.82) is 0 Å². The summed E-state index contributed by atoms with van der Waals surface area (Å²) < 4.78 is 5.33. The second-order valence-corrected chi connectivity index (χ2v) is 6.18. The molecular formula is C20H22N2O3. The highest BCUT2D eigenvalue weighted by molar-refractivity contribution is 6.00. The lowest BCUT2D eigenvalue weighted by molar-refractivity contribution is -0.122. The van der Waals surface area contributed by atoms with E-state index in [9.17, 15) is 9.59 Å². The zero-order valence-electron chi connectivity index (χ0n) is 14.5. The monoisotopic (exact) mass is 338 g/mol. The number of nitrogens with one attached hydrogen (secondary N) is 1. The molecule has 0 aromatic heterocycles. The highest BCUT2D eigenvalue weighted by atomic mass is 16.5. The largest absolute Gasteiger partial charge is 0.496 e. The van der Waals surface area contributed by atoms with Crippen molar-refractivity contribution in [3.05, 3.63) is 65.2 Å². The lowest BCUT2D eigenvalue weighted by atomic mass is 9.89. The number of carbonyl (C=O) groups excluding carboxylic acids is 2. The summed E-state index contributed by atoms with van der Waals surface area (Å²) in [6, 6.07) is 15.1. The molecule has 1 aliphatic rings. The van der Waals surface area contributed by atoms with Crippen LogP contribution in [0.2, 0.25) is 0 Å². The van der Waals surface area contributed by atoms with E-state index in [2.05, 4.69) is 5.32 Å². The van der Waals surface area contributed by atoms with Crippen LogP contribution in [0.4, 0.5) is 0 Å². The highest BCUT2D eigenvalue weighted by Gasteiger charge is 2.33. The summed E-state index contributed by atoms with van der Waals surface area (Å²) in [6.07, 6.45) is 0.693. The van der Waals surface area contributed by atoms with Crippen molar-refractivity contribution in [3.63, 3.8) is 0 Å². The number of para-hydroxylation sites is 1. The molecule has 5 nitrogen and oxygen atoms in total. The maximum atomic E-state index is 12.7. The van der Waals surface area contributed by atoms with E-state index in [1.165, 1.54) is 0 Å². The molecule has 0 radical (unpaired) electrons. The molecule has 0 saturated carbocycles. The minimum atomic E-state index is -0.337. The maximum absolute atomic E-state index is 12.7. The van der Waals surface area contributed by atoms with Crippen LogP contribution in [0.5, 0.6) is 5.75 Å². The van der Waals surface area contributed by atoms with E-state index in [0.29, 0.717) is 25.1 Å². The van der Waals surface area contributed by atoms with Crippen LogP contribution >= 0.6 is 0 Å². The minimum absolute atomic E-state index is 0.0336. The van der Waals surface area contributed by atoms with Crippen molar-refractivity contribution in [1.82, 2.24) is 10.2 Å². The van der Waals surface area contributed by atoms with E-state index >= 15 is 0 Å². The van der Waals surface area contributed by atoms with Crippen LogP contribution in [0.25, 0.3) is 0 Å². The van der Waals surface area contributed by atoms with Gasteiger partial charge in [-0.15, -0.1) is 0 Å². The van der Waals surface area contributed by atoms with Crippen molar-refractivity contribution < 1.29 is 14.3 Å². The van der Waals surface area contributed by atoms with Gasteiger partial charge in [0.25, 0.3) is 5.91 Å². The highest BCUT2D eigenvalue weighted by Crippen LogP contribution is 2.27. The molecule has 0 fully saturated rings. The maximum Gasteiger partial charge on any atom is 0.253 e. The molecule has 2 aromatic carbocycles. The average Bonchev–Trinajstić information content (AvgIpc) is 2.65. The number of carbonyl (C=O) groups is 2. The summed E-state index contributed by atoms with van der Waals surface area (Å²) in [5.41, 5.74) is 2.48. The summed E-state index contributed by atoms with van der Waals surface area (Å²) >= 11 is 0. The fourth-order valence-electron chi connectivity index (χ4n) is 3.23. The van der Waals surface area contributed by atoms with Crippen LogP contribution < -0.4 is 10.1 Å². The van der Waals surface area contributed by atoms with Gasteiger partial charge in [-0.05, 0) is 29.7 Å². The lowest BCUT2D eigenvalue weighted by Gasteiger charge is -2.31. The fourth-order valence-corrected chi connectivity index (χ4v) is 3.23. The number of ether oxygens (including phenoxy) is 1. The molecule has 0 aliphatic carbocycles. The molecule has 25 heavy (non-hydrogen) atoms. The Morgan fingerprint density at radius 1 is 1.20 bits per heavy atom. The third-order valence-corrected chi connectivity index (χ3v) is 4.57. The number of nitrogens with zero attached hydrogens (tertiary/aromatic N) is 1. The molecule has 1 N–H and O–H groups in total. The molecule has 1 atom stereocenters. The molecule has 1 heterocycles. The van der Waals surface area contributed by atoms with E-state index in [1.54, 1.807) is 25.1 Å². The summed E-state index contributed by atoms with van der Waals surface area (Å²) in [4.78, 5) is 26.5. The first-order valence-corrected chi connectivity index (χ1v) is 8.36. The van der Waals surface area contributed by atoms with E-state index in [1.807, 2.05) is 42.5 Å². The summed E-state index contributed by atoms with van der Waals surface area (Å²) in [6.45, 7) is 0.922. The lowest BCUT2D eigenvalue weighted by Crippen LogP contribution is -2.43. The van der Waals surface area contributed by atoms with Crippen LogP contribution in [0.3, 0.4) is 0 Å². The second-order valence-electron chi connectivity index (χ2n) is 6.18. The fraction of sp³-hybridized carbons (Fsp3) is 0.300. The van der Waals surface area contributed by atoms with E-state index in [4.69, 9.17) is 4.74 Å². The Balaban J connectivity index is 1.67. The van der Waals surface area contributed by atoms with Crippen LogP contribution in [0, 0.1) is 0 Å². The van der Waals surface area contributed by atoms with Crippen molar-refractivity contribution in [2.24, 2.45) is 0 Å². The van der Waals surface area contributed by atoms with Gasteiger partial charge in [-0.1, -0.05) is 36.4 Å². The van der Waals surface area contributed by atoms with E-state index in [-0.39, 0.29) is 17.7 Å². The minimum Gasteiger partial charge on any atom is -0.496 e. The summed E-state index contributed by atoms with van der Waals surface area (Å²) in [5, 5.41) is 3.00. The Hall–Kier alpha value is -2.82. The Bertz CT molecular complexity index is 788. The Kier molecular flexibility index (Phi) is 5.03. The van der Waals surface area contributed by atoms with Gasteiger partial charge in [0.2, 0.25) is 5.91 Å². The Labute approximate surface area is 147 Å². The first kappa shape index (κ1) is 17.0. The number of rotatable bonds is 5. The van der Waals surface area contributed by atoms with Crippen LogP contribution in [-0.4, -0.2) is 44.0 Å². The van der Waals surface area contributed by atoms with Crippen molar-refractivity contribution in [2.75, 3.05) is 27.2 Å². The molecule has 1 aliphatic heterocycles. The zero-order valence-corrected chi connectivity index (χ0v) is 14.5. The van der Waals surface area contributed by atoms with Crippen LogP contribution in [0.1, 0.15) is 27.4 Å². The predicted molar refractivity (Wildman–Crippen MR) is 95.9 cm³/mol. The smallest absolute Gasteiger partial charge is 0.253 e. The van der Waals surface area contributed by atoms with Gasteiger partial charge in [0.15, 0.2) is 0 Å². The molecular weight excluding hydrogens is 316 g/mol. The van der Waals surface area contributed by atoms with Crippen molar-refractivity contribution in [3.8, 4) is 5.75 Å². The van der Waals surface area contributed by atoms with Gasteiger partial charge < -0.3 is 15.0 Å². The van der Waals surface area contributed by atoms with Crippen molar-refractivity contribution >= 4 is 11.8 Å². The van der Waals surface area contributed by atoms with E-state index in [0.717, 1.165) is 16.9 Å². The van der Waals surface area contributed by atoms with Gasteiger partial charge in [0, 0.05) is 25.7 Å². The molecule has 0 bridgehead atoms. The van der Waals surface area contributed by atoms with Gasteiger partial charge in [0.1, 0.15) is 5.75 Å². The Morgan fingerprint density at radius 2 is 1.92 bits per heavy atom. The normalized spacial score (nSPS) is 16.3. The Morgan fingerprint density at radius 3 is 2.72 bits per heavy atom. The summed E-state index contributed by atoms with van der Waals surface area (Å²) in [7, 11) is 3.37. The standard InChI is InChI=1S/C20H22N2O3/c1-22-13-17(15-8-4-5-9-16(15)20(22)24)19(23)21-12-11-14-7-3-6-10-18(14)25-2/h3-10,17H,11-13H2,1-2H3,(H,21,23). The molecule has 1 unspecified atom stereocenters. The molecule has 3 rings (SSSR count).